The Morgan fingerprint density at radius 3 is 2.17 bits per heavy atom. The minimum Gasteiger partial charge on any atom is -0.264 e. The number of pyridine rings is 2. The molecule has 124 valence electrons. The van der Waals surface area contributed by atoms with Crippen molar-refractivity contribution in [3.05, 3.63) is 58.7 Å². The van der Waals surface area contributed by atoms with Crippen LogP contribution in [0.2, 0.25) is 0 Å². The van der Waals surface area contributed by atoms with Crippen LogP contribution in [-0.2, 0) is 17.3 Å². The number of rotatable bonds is 4. The fourth-order valence-electron chi connectivity index (χ4n) is 3.32. The normalized spacial score (nSPS) is 12.5. The Labute approximate surface area is 141 Å². The Morgan fingerprint density at radius 1 is 0.913 bits per heavy atom. The lowest BCUT2D eigenvalue weighted by atomic mass is 9.78. The summed E-state index contributed by atoms with van der Waals surface area (Å²) in [5, 5.41) is 0. The highest BCUT2D eigenvalue weighted by atomic mass is 14.7. The molecular weight excluding hydrogens is 280 g/mol. The molecule has 0 atom stereocenters. The van der Waals surface area contributed by atoms with Crippen molar-refractivity contribution < 1.29 is 0 Å². The summed E-state index contributed by atoms with van der Waals surface area (Å²) in [4.78, 5) is 8.87. The number of nitrogens with zero attached hydrogens (tertiary/aromatic N) is 2. The van der Waals surface area contributed by atoms with Gasteiger partial charge in [0.15, 0.2) is 0 Å². The van der Waals surface area contributed by atoms with Gasteiger partial charge in [-0.2, -0.15) is 0 Å². The molecule has 0 amide bonds. The van der Waals surface area contributed by atoms with Gasteiger partial charge in [-0.3, -0.25) is 9.97 Å². The maximum atomic E-state index is 4.66. The summed E-state index contributed by atoms with van der Waals surface area (Å²) in [6.07, 6.45) is 7.96. The number of aryl methyl sites for hydroxylation is 3. The lowest BCUT2D eigenvalue weighted by Gasteiger charge is -2.27. The van der Waals surface area contributed by atoms with E-state index >= 15 is 0 Å². The summed E-state index contributed by atoms with van der Waals surface area (Å²) < 4.78 is 0. The maximum absolute atomic E-state index is 4.66. The molecule has 0 fully saturated rings. The Bertz CT molecular complexity index is 678. The Morgan fingerprint density at radius 2 is 1.57 bits per heavy atom. The van der Waals surface area contributed by atoms with Crippen molar-refractivity contribution in [3.63, 3.8) is 0 Å². The second-order valence-corrected chi connectivity index (χ2v) is 8.32. The highest BCUT2D eigenvalue weighted by molar-refractivity contribution is 5.33. The van der Waals surface area contributed by atoms with Crippen LogP contribution < -0.4 is 0 Å². The fourth-order valence-corrected chi connectivity index (χ4v) is 3.32. The monoisotopic (exact) mass is 310 g/mol. The van der Waals surface area contributed by atoms with Crippen LogP contribution in [0.1, 0.15) is 69.0 Å². The van der Waals surface area contributed by atoms with Crippen molar-refractivity contribution in [2.75, 3.05) is 0 Å². The number of hydrogen-bond acceptors (Lipinski definition) is 2. The maximum Gasteiger partial charge on any atom is 0.0407 e. The van der Waals surface area contributed by atoms with Gasteiger partial charge in [-0.25, -0.2) is 0 Å². The van der Waals surface area contributed by atoms with Gasteiger partial charge in [-0.15, -0.1) is 0 Å². The summed E-state index contributed by atoms with van der Waals surface area (Å²) in [5.41, 5.74) is 6.83. The first-order valence-corrected chi connectivity index (χ1v) is 8.48. The number of aromatic nitrogens is 2. The van der Waals surface area contributed by atoms with E-state index in [4.69, 9.17) is 0 Å². The summed E-state index contributed by atoms with van der Waals surface area (Å²) >= 11 is 0. The molecule has 0 saturated carbocycles. The van der Waals surface area contributed by atoms with Gasteiger partial charge in [0, 0.05) is 24.3 Å². The van der Waals surface area contributed by atoms with Gasteiger partial charge >= 0.3 is 0 Å². The Hall–Kier alpha value is -1.70. The molecule has 0 aliphatic heterocycles. The molecule has 0 saturated heterocycles. The van der Waals surface area contributed by atoms with Crippen LogP contribution in [-0.4, -0.2) is 9.97 Å². The molecule has 2 aromatic rings. The van der Waals surface area contributed by atoms with Gasteiger partial charge in [-0.1, -0.05) is 34.6 Å². The lowest BCUT2D eigenvalue weighted by molar-refractivity contribution is 0.473. The van der Waals surface area contributed by atoms with Crippen molar-refractivity contribution >= 4 is 0 Å². The molecule has 2 nitrogen and oxygen atoms in total. The van der Waals surface area contributed by atoms with Gasteiger partial charge < -0.3 is 0 Å². The molecule has 0 N–H and O–H groups in total. The third kappa shape index (κ3) is 4.19. The second kappa shape index (κ2) is 6.43. The van der Waals surface area contributed by atoms with E-state index in [2.05, 4.69) is 70.6 Å². The first-order chi connectivity index (χ1) is 10.6. The minimum atomic E-state index is 0.126. The highest BCUT2D eigenvalue weighted by Gasteiger charge is 2.23. The van der Waals surface area contributed by atoms with Crippen LogP contribution in [0.4, 0.5) is 0 Å². The fraction of sp³-hybridized carbons (Fsp3) is 0.524. The first-order valence-electron chi connectivity index (χ1n) is 8.48. The third-order valence-electron chi connectivity index (χ3n) is 4.72. The molecule has 23 heavy (non-hydrogen) atoms. The van der Waals surface area contributed by atoms with E-state index in [1.807, 2.05) is 18.6 Å². The Kier molecular flexibility index (Phi) is 4.93. The average molecular weight is 310 g/mol. The van der Waals surface area contributed by atoms with Crippen LogP contribution in [0.3, 0.4) is 0 Å². The van der Waals surface area contributed by atoms with Crippen molar-refractivity contribution in [3.8, 4) is 0 Å². The van der Waals surface area contributed by atoms with Gasteiger partial charge in [0.2, 0.25) is 0 Å². The number of hydrogen-bond donors (Lipinski definition) is 0. The van der Waals surface area contributed by atoms with E-state index in [0.29, 0.717) is 0 Å². The topological polar surface area (TPSA) is 25.8 Å². The highest BCUT2D eigenvalue weighted by Crippen LogP contribution is 2.31. The largest absolute Gasteiger partial charge is 0.264 e. The summed E-state index contributed by atoms with van der Waals surface area (Å²) in [5.74, 6) is 0. The predicted octanol–water partition coefficient (Wildman–Crippen LogP) is 5.30. The van der Waals surface area contributed by atoms with Gasteiger partial charge in [0.25, 0.3) is 0 Å². The summed E-state index contributed by atoms with van der Waals surface area (Å²) in [6, 6.07) is 4.45. The second-order valence-electron chi connectivity index (χ2n) is 8.32. The van der Waals surface area contributed by atoms with E-state index in [9.17, 15) is 0 Å². The summed E-state index contributed by atoms with van der Waals surface area (Å²) in [6.45, 7) is 15.7. The molecule has 2 heterocycles. The molecular formula is C21H30N2. The standard InChI is InChI=1S/C21H30N2/c1-15-13-22-11-9-18(15)21(6,7)10-8-17-12-19(20(3,4)5)16(2)14-23-17/h9,11-14H,8,10H2,1-7H3. The van der Waals surface area contributed by atoms with Crippen molar-refractivity contribution in [1.82, 2.24) is 9.97 Å². The zero-order valence-corrected chi connectivity index (χ0v) is 15.7. The van der Waals surface area contributed by atoms with E-state index in [-0.39, 0.29) is 10.8 Å². The van der Waals surface area contributed by atoms with Gasteiger partial charge in [0.05, 0.1) is 0 Å². The van der Waals surface area contributed by atoms with E-state index in [1.165, 1.54) is 27.9 Å². The van der Waals surface area contributed by atoms with Crippen LogP contribution in [0, 0.1) is 13.8 Å². The van der Waals surface area contributed by atoms with E-state index in [0.717, 1.165) is 12.8 Å². The van der Waals surface area contributed by atoms with Crippen LogP contribution in [0.15, 0.2) is 30.7 Å². The zero-order chi connectivity index (χ0) is 17.3. The lowest BCUT2D eigenvalue weighted by Crippen LogP contribution is -2.20. The smallest absolute Gasteiger partial charge is 0.0407 e. The van der Waals surface area contributed by atoms with Crippen molar-refractivity contribution in [1.29, 1.82) is 0 Å². The molecule has 0 spiro atoms. The van der Waals surface area contributed by atoms with Crippen LogP contribution in [0.5, 0.6) is 0 Å². The minimum absolute atomic E-state index is 0.126. The van der Waals surface area contributed by atoms with Gasteiger partial charge in [0.1, 0.15) is 0 Å². The predicted molar refractivity (Wildman–Crippen MR) is 98.0 cm³/mol. The molecule has 2 heteroatoms. The third-order valence-corrected chi connectivity index (χ3v) is 4.72. The molecule has 0 radical (unpaired) electrons. The van der Waals surface area contributed by atoms with E-state index < -0.39 is 0 Å². The van der Waals surface area contributed by atoms with Crippen molar-refractivity contribution in [2.45, 2.75) is 72.1 Å². The van der Waals surface area contributed by atoms with Crippen LogP contribution in [0.25, 0.3) is 0 Å². The average Bonchev–Trinajstić information content (AvgIpc) is 2.45. The zero-order valence-electron chi connectivity index (χ0n) is 15.7. The first kappa shape index (κ1) is 17.7. The molecule has 0 aliphatic rings. The van der Waals surface area contributed by atoms with Crippen LogP contribution >= 0.6 is 0 Å². The summed E-state index contributed by atoms with van der Waals surface area (Å²) in [7, 11) is 0. The molecule has 0 unspecified atom stereocenters. The SMILES string of the molecule is Cc1cnc(CCC(C)(C)c2ccncc2C)cc1C(C)(C)C. The molecule has 0 aromatic carbocycles. The van der Waals surface area contributed by atoms with E-state index in [1.54, 1.807) is 0 Å². The molecule has 2 rings (SSSR count). The molecule has 0 aliphatic carbocycles. The van der Waals surface area contributed by atoms with Gasteiger partial charge in [-0.05, 0) is 71.9 Å². The molecule has 0 bridgehead atoms. The van der Waals surface area contributed by atoms with Crippen molar-refractivity contribution in [2.24, 2.45) is 0 Å². The Balaban J connectivity index is 2.19. The quantitative estimate of drug-likeness (QED) is 0.765. The molecule has 2 aromatic heterocycles.